The van der Waals surface area contributed by atoms with E-state index in [4.69, 9.17) is 16.3 Å². The maximum absolute atomic E-state index is 12.5. The molecule has 0 atom stereocenters. The second kappa shape index (κ2) is 12.0. The van der Waals surface area contributed by atoms with Crippen LogP contribution in [0.4, 0.5) is 5.69 Å². The van der Waals surface area contributed by atoms with E-state index < -0.39 is 21.9 Å². The van der Waals surface area contributed by atoms with Gasteiger partial charge in [0.25, 0.3) is 15.9 Å². The van der Waals surface area contributed by atoms with E-state index >= 15 is 0 Å². The Morgan fingerprint density at radius 2 is 1.55 bits per heavy atom. The summed E-state index contributed by atoms with van der Waals surface area (Å²) in [4.78, 5) is 24.7. The molecule has 4 aromatic carbocycles. The Hall–Kier alpha value is -3.99. The number of esters is 1. The lowest BCUT2D eigenvalue weighted by Crippen LogP contribution is -2.18. The minimum atomic E-state index is -3.80. The second-order valence-corrected chi connectivity index (χ2v) is 10.8. The Bertz CT molecular complexity index is 1590. The molecule has 0 fully saturated rings. The van der Waals surface area contributed by atoms with Gasteiger partial charge in [-0.3, -0.25) is 9.52 Å². The number of rotatable bonds is 8. The molecular formula is C27H19BrClN3O5S. The highest BCUT2D eigenvalue weighted by atomic mass is 79.9. The quantitative estimate of drug-likeness (QED) is 0.112. The third-order valence-electron chi connectivity index (χ3n) is 5.05. The van der Waals surface area contributed by atoms with Crippen LogP contribution in [0.3, 0.4) is 0 Å². The van der Waals surface area contributed by atoms with E-state index in [1.165, 1.54) is 54.7 Å². The van der Waals surface area contributed by atoms with Crippen molar-refractivity contribution in [1.29, 1.82) is 0 Å². The highest BCUT2D eigenvalue weighted by molar-refractivity contribution is 9.10. The van der Waals surface area contributed by atoms with Gasteiger partial charge < -0.3 is 4.74 Å². The number of anilines is 1. The van der Waals surface area contributed by atoms with Crippen LogP contribution < -0.4 is 14.9 Å². The monoisotopic (exact) mass is 611 g/mol. The van der Waals surface area contributed by atoms with Gasteiger partial charge in [-0.1, -0.05) is 33.6 Å². The number of sulfonamides is 1. The van der Waals surface area contributed by atoms with Gasteiger partial charge in [0, 0.05) is 20.7 Å². The molecule has 0 spiro atoms. The van der Waals surface area contributed by atoms with Crippen LogP contribution in [0.15, 0.2) is 112 Å². The summed E-state index contributed by atoms with van der Waals surface area (Å²) in [5, 5.41) is 4.36. The van der Waals surface area contributed by atoms with Gasteiger partial charge in [-0.25, -0.2) is 18.6 Å². The van der Waals surface area contributed by atoms with Crippen LogP contribution in [-0.4, -0.2) is 26.5 Å². The predicted molar refractivity (Wildman–Crippen MR) is 149 cm³/mol. The largest absolute Gasteiger partial charge is 0.423 e. The van der Waals surface area contributed by atoms with Crippen LogP contribution in [0.2, 0.25) is 5.02 Å². The summed E-state index contributed by atoms with van der Waals surface area (Å²) in [5.74, 6) is -0.598. The molecule has 0 bridgehead atoms. The normalized spacial score (nSPS) is 11.2. The van der Waals surface area contributed by atoms with Crippen LogP contribution in [-0.2, 0) is 10.0 Å². The molecule has 0 aliphatic heterocycles. The average molecular weight is 613 g/mol. The Balaban J connectivity index is 1.30. The fourth-order valence-electron chi connectivity index (χ4n) is 3.15. The number of hydrogen-bond donors (Lipinski definition) is 2. The van der Waals surface area contributed by atoms with Gasteiger partial charge in [-0.15, -0.1) is 0 Å². The molecule has 0 radical (unpaired) electrons. The van der Waals surface area contributed by atoms with Crippen LogP contribution in [0.25, 0.3) is 0 Å². The standard InChI is InChI=1S/C27H19BrClN3O5S/c28-21-3-1-2-20(16-21)27(34)37-24-12-4-18(5-13-24)17-30-31-26(33)19-6-10-23(11-7-19)32-38(35,36)25-14-8-22(29)9-15-25/h1-17,32H,(H,31,33)/b30-17-. The van der Waals surface area contributed by atoms with Gasteiger partial charge in [0.1, 0.15) is 5.75 Å². The fourth-order valence-corrected chi connectivity index (χ4v) is 4.73. The van der Waals surface area contributed by atoms with Gasteiger partial charge in [0.15, 0.2) is 0 Å². The Labute approximate surface area is 232 Å². The predicted octanol–water partition coefficient (Wildman–Crippen LogP) is 5.89. The van der Waals surface area contributed by atoms with E-state index in [9.17, 15) is 18.0 Å². The summed E-state index contributed by atoms with van der Waals surface area (Å²) in [6.07, 6.45) is 1.44. The molecule has 4 rings (SSSR count). The first kappa shape index (κ1) is 27.1. The van der Waals surface area contributed by atoms with Crippen molar-refractivity contribution in [2.24, 2.45) is 5.10 Å². The summed E-state index contributed by atoms with van der Waals surface area (Å²) in [5.41, 5.74) is 4.07. The highest BCUT2D eigenvalue weighted by Gasteiger charge is 2.14. The number of carbonyl (C=O) groups is 2. The summed E-state index contributed by atoms with van der Waals surface area (Å²) >= 11 is 9.12. The number of benzene rings is 4. The maximum Gasteiger partial charge on any atom is 0.343 e. The highest BCUT2D eigenvalue weighted by Crippen LogP contribution is 2.19. The van der Waals surface area contributed by atoms with Crippen LogP contribution >= 0.6 is 27.5 Å². The lowest BCUT2D eigenvalue weighted by atomic mass is 10.2. The zero-order valence-electron chi connectivity index (χ0n) is 19.5. The van der Waals surface area contributed by atoms with Crippen molar-refractivity contribution in [2.75, 3.05) is 4.72 Å². The van der Waals surface area contributed by atoms with E-state index in [0.29, 0.717) is 27.6 Å². The lowest BCUT2D eigenvalue weighted by Gasteiger charge is -2.09. The number of hydrogen-bond acceptors (Lipinski definition) is 6. The molecule has 0 saturated heterocycles. The van der Waals surface area contributed by atoms with Crippen molar-refractivity contribution in [3.63, 3.8) is 0 Å². The maximum atomic E-state index is 12.5. The number of halogens is 2. The minimum absolute atomic E-state index is 0.0636. The zero-order valence-corrected chi connectivity index (χ0v) is 22.6. The molecule has 1 amide bonds. The molecule has 192 valence electrons. The number of hydrazone groups is 1. The zero-order chi connectivity index (χ0) is 27.1. The van der Waals surface area contributed by atoms with Crippen LogP contribution in [0.5, 0.6) is 5.75 Å². The van der Waals surface area contributed by atoms with Gasteiger partial charge in [0.05, 0.1) is 16.7 Å². The molecule has 0 aromatic heterocycles. The molecular weight excluding hydrogens is 594 g/mol. The SMILES string of the molecule is O=C(N/N=C\c1ccc(OC(=O)c2cccc(Br)c2)cc1)c1ccc(NS(=O)(=O)c2ccc(Cl)cc2)cc1. The molecule has 0 aliphatic rings. The summed E-state index contributed by atoms with van der Waals surface area (Å²) < 4.78 is 33.5. The molecule has 4 aromatic rings. The van der Waals surface area contributed by atoms with Crippen molar-refractivity contribution >= 4 is 61.3 Å². The van der Waals surface area contributed by atoms with E-state index in [-0.39, 0.29) is 10.5 Å². The summed E-state index contributed by atoms with van der Waals surface area (Å²) in [6, 6.07) is 25.1. The number of amides is 1. The summed E-state index contributed by atoms with van der Waals surface area (Å²) in [7, 11) is -3.80. The van der Waals surface area contributed by atoms with Crippen LogP contribution in [0, 0.1) is 0 Å². The van der Waals surface area contributed by atoms with Crippen molar-refractivity contribution < 1.29 is 22.7 Å². The second-order valence-electron chi connectivity index (χ2n) is 7.80. The average Bonchev–Trinajstić information content (AvgIpc) is 2.90. The Morgan fingerprint density at radius 3 is 2.21 bits per heavy atom. The van der Waals surface area contributed by atoms with E-state index in [1.807, 2.05) is 6.07 Å². The topological polar surface area (TPSA) is 114 Å². The van der Waals surface area contributed by atoms with E-state index in [1.54, 1.807) is 42.5 Å². The smallest absolute Gasteiger partial charge is 0.343 e. The fraction of sp³-hybridized carbons (Fsp3) is 0. The number of nitrogens with zero attached hydrogens (tertiary/aromatic N) is 1. The van der Waals surface area contributed by atoms with Gasteiger partial charge in [-0.2, -0.15) is 5.10 Å². The van der Waals surface area contributed by atoms with Gasteiger partial charge in [0.2, 0.25) is 0 Å². The third kappa shape index (κ3) is 7.28. The number of ether oxygens (including phenoxy) is 1. The van der Waals surface area contributed by atoms with Crippen molar-refractivity contribution in [3.8, 4) is 5.75 Å². The van der Waals surface area contributed by atoms with Crippen molar-refractivity contribution in [2.45, 2.75) is 4.90 Å². The van der Waals surface area contributed by atoms with E-state index in [0.717, 1.165) is 4.47 Å². The summed E-state index contributed by atoms with van der Waals surface area (Å²) in [6.45, 7) is 0. The lowest BCUT2D eigenvalue weighted by molar-refractivity contribution is 0.0734. The van der Waals surface area contributed by atoms with Crippen LogP contribution in [0.1, 0.15) is 26.3 Å². The molecule has 38 heavy (non-hydrogen) atoms. The van der Waals surface area contributed by atoms with Crippen molar-refractivity contribution in [1.82, 2.24) is 5.43 Å². The molecule has 0 unspecified atom stereocenters. The molecule has 2 N–H and O–H groups in total. The molecule has 8 nitrogen and oxygen atoms in total. The Kier molecular flexibility index (Phi) is 8.57. The molecule has 11 heteroatoms. The first-order valence-electron chi connectivity index (χ1n) is 11.0. The minimum Gasteiger partial charge on any atom is -0.423 e. The first-order chi connectivity index (χ1) is 18.2. The number of nitrogens with one attached hydrogen (secondary N) is 2. The first-order valence-corrected chi connectivity index (χ1v) is 13.6. The molecule has 0 saturated carbocycles. The molecule has 0 aliphatic carbocycles. The van der Waals surface area contributed by atoms with Gasteiger partial charge >= 0.3 is 5.97 Å². The Morgan fingerprint density at radius 1 is 0.868 bits per heavy atom. The number of carbonyl (C=O) groups excluding carboxylic acids is 2. The van der Waals surface area contributed by atoms with Crippen molar-refractivity contribution in [3.05, 3.63) is 123 Å². The van der Waals surface area contributed by atoms with Gasteiger partial charge in [-0.05, 0) is 96.6 Å². The molecule has 0 heterocycles. The third-order valence-corrected chi connectivity index (χ3v) is 7.20. The van der Waals surface area contributed by atoms with E-state index in [2.05, 4.69) is 31.2 Å².